The number of nitrogens with zero attached hydrogens (tertiary/aromatic N) is 1. The Bertz CT molecular complexity index is 856. The number of aryl methyl sites for hydroxylation is 2. The van der Waals surface area contributed by atoms with Gasteiger partial charge in [0.1, 0.15) is 6.61 Å². The first-order chi connectivity index (χ1) is 13.1. The first-order valence-corrected chi connectivity index (χ1v) is 9.89. The number of piperidine rings is 1. The lowest BCUT2D eigenvalue weighted by Crippen LogP contribution is -2.51. The van der Waals surface area contributed by atoms with Crippen molar-refractivity contribution in [1.29, 1.82) is 0 Å². The quantitative estimate of drug-likeness (QED) is 0.707. The van der Waals surface area contributed by atoms with Crippen LogP contribution in [0.15, 0.2) is 54.6 Å². The van der Waals surface area contributed by atoms with Crippen LogP contribution in [-0.4, -0.2) is 23.1 Å². The van der Waals surface area contributed by atoms with E-state index in [4.69, 9.17) is 4.74 Å². The zero-order valence-electron chi connectivity index (χ0n) is 16.2. The predicted molar refractivity (Wildman–Crippen MR) is 108 cm³/mol. The SMILES string of the molecule is Cc1ccc(C2=CC3CCCC(C2)N3C(=O)OCc2ccccc2)c(C)c1. The summed E-state index contributed by atoms with van der Waals surface area (Å²) in [5.41, 5.74) is 6.35. The van der Waals surface area contributed by atoms with Crippen LogP contribution in [0.25, 0.3) is 5.57 Å². The van der Waals surface area contributed by atoms with Gasteiger partial charge < -0.3 is 4.74 Å². The minimum atomic E-state index is -0.176. The van der Waals surface area contributed by atoms with Crippen molar-refractivity contribution in [3.63, 3.8) is 0 Å². The van der Waals surface area contributed by atoms with Gasteiger partial charge in [-0.3, -0.25) is 4.90 Å². The maximum atomic E-state index is 12.8. The smallest absolute Gasteiger partial charge is 0.410 e. The van der Waals surface area contributed by atoms with Crippen molar-refractivity contribution in [2.75, 3.05) is 0 Å². The van der Waals surface area contributed by atoms with Gasteiger partial charge in [0.25, 0.3) is 0 Å². The van der Waals surface area contributed by atoms with Gasteiger partial charge >= 0.3 is 6.09 Å². The second-order valence-electron chi connectivity index (χ2n) is 7.81. The zero-order valence-corrected chi connectivity index (χ0v) is 16.2. The van der Waals surface area contributed by atoms with E-state index in [-0.39, 0.29) is 18.2 Å². The topological polar surface area (TPSA) is 29.5 Å². The van der Waals surface area contributed by atoms with Gasteiger partial charge in [-0.25, -0.2) is 4.79 Å². The minimum Gasteiger partial charge on any atom is -0.445 e. The molecule has 0 aromatic heterocycles. The Kier molecular flexibility index (Phi) is 5.02. The van der Waals surface area contributed by atoms with E-state index in [1.165, 1.54) is 28.7 Å². The van der Waals surface area contributed by atoms with Crippen LogP contribution in [0.1, 0.15) is 47.9 Å². The summed E-state index contributed by atoms with van der Waals surface area (Å²) in [6.45, 7) is 4.65. The summed E-state index contributed by atoms with van der Waals surface area (Å²) in [7, 11) is 0. The normalized spacial score (nSPS) is 21.6. The minimum absolute atomic E-state index is 0.150. The molecular formula is C24H27NO2. The molecule has 2 atom stereocenters. The maximum absolute atomic E-state index is 12.8. The van der Waals surface area contributed by atoms with Gasteiger partial charge in [-0.05, 0) is 61.8 Å². The zero-order chi connectivity index (χ0) is 18.8. The highest BCUT2D eigenvalue weighted by Crippen LogP contribution is 2.38. The molecule has 4 rings (SSSR count). The molecule has 1 saturated heterocycles. The molecule has 0 aliphatic carbocycles. The summed E-state index contributed by atoms with van der Waals surface area (Å²) in [6.07, 6.45) is 6.29. The van der Waals surface area contributed by atoms with E-state index in [9.17, 15) is 4.79 Å². The molecule has 140 valence electrons. The molecule has 0 spiro atoms. The van der Waals surface area contributed by atoms with Crippen LogP contribution in [0, 0.1) is 13.8 Å². The molecule has 0 saturated carbocycles. The molecule has 0 N–H and O–H groups in total. The van der Waals surface area contributed by atoms with Crippen molar-refractivity contribution in [3.05, 3.63) is 76.9 Å². The largest absolute Gasteiger partial charge is 0.445 e. The molecule has 2 aromatic rings. The molecule has 3 nitrogen and oxygen atoms in total. The molecule has 1 fully saturated rings. The van der Waals surface area contributed by atoms with Gasteiger partial charge in [-0.15, -0.1) is 0 Å². The highest BCUT2D eigenvalue weighted by Gasteiger charge is 2.38. The van der Waals surface area contributed by atoms with Crippen LogP contribution in [-0.2, 0) is 11.3 Å². The number of carbonyl (C=O) groups excluding carboxylic acids is 1. The third-order valence-corrected chi connectivity index (χ3v) is 5.78. The molecule has 2 heterocycles. The van der Waals surface area contributed by atoms with Gasteiger partial charge in [0.15, 0.2) is 0 Å². The van der Waals surface area contributed by atoms with Crippen molar-refractivity contribution >= 4 is 11.7 Å². The Balaban J connectivity index is 1.52. The molecule has 2 aliphatic rings. The Labute approximate surface area is 161 Å². The van der Waals surface area contributed by atoms with Crippen LogP contribution in [0.5, 0.6) is 0 Å². The fraction of sp³-hybridized carbons (Fsp3) is 0.375. The van der Waals surface area contributed by atoms with Crippen LogP contribution in [0.4, 0.5) is 4.79 Å². The van der Waals surface area contributed by atoms with Crippen LogP contribution >= 0.6 is 0 Å². The van der Waals surface area contributed by atoms with Gasteiger partial charge in [-0.2, -0.15) is 0 Å². The lowest BCUT2D eigenvalue weighted by molar-refractivity contribution is 0.0510. The van der Waals surface area contributed by atoms with Crippen LogP contribution in [0.3, 0.4) is 0 Å². The fourth-order valence-corrected chi connectivity index (χ4v) is 4.48. The van der Waals surface area contributed by atoms with E-state index in [0.717, 1.165) is 24.8 Å². The van der Waals surface area contributed by atoms with Crippen LogP contribution in [0.2, 0.25) is 0 Å². The monoisotopic (exact) mass is 361 g/mol. The summed E-state index contributed by atoms with van der Waals surface area (Å²) in [5.74, 6) is 0. The lowest BCUT2D eigenvalue weighted by atomic mass is 9.82. The first kappa shape index (κ1) is 17.8. The molecule has 1 amide bonds. The average molecular weight is 361 g/mol. The summed E-state index contributed by atoms with van der Waals surface area (Å²) < 4.78 is 5.64. The van der Waals surface area contributed by atoms with Gasteiger partial charge in [0.2, 0.25) is 0 Å². The molecule has 3 heteroatoms. The summed E-state index contributed by atoms with van der Waals surface area (Å²) in [4.78, 5) is 14.8. The van der Waals surface area contributed by atoms with Crippen molar-refractivity contribution in [1.82, 2.24) is 4.90 Å². The number of fused-ring (bicyclic) bond motifs is 2. The van der Waals surface area contributed by atoms with E-state index in [1.54, 1.807) is 0 Å². The molecular weight excluding hydrogens is 334 g/mol. The molecule has 27 heavy (non-hydrogen) atoms. The highest BCUT2D eigenvalue weighted by atomic mass is 16.6. The molecule has 2 aliphatic heterocycles. The number of carbonyl (C=O) groups is 1. The second kappa shape index (κ2) is 7.59. The third-order valence-electron chi connectivity index (χ3n) is 5.78. The molecule has 2 aromatic carbocycles. The molecule has 2 bridgehead atoms. The number of rotatable bonds is 3. The van der Waals surface area contributed by atoms with E-state index < -0.39 is 0 Å². The van der Waals surface area contributed by atoms with E-state index in [1.807, 2.05) is 35.2 Å². The summed E-state index contributed by atoms with van der Waals surface area (Å²) >= 11 is 0. The fourth-order valence-electron chi connectivity index (χ4n) is 4.48. The van der Waals surface area contributed by atoms with E-state index in [0.29, 0.717) is 6.61 Å². The number of benzene rings is 2. The first-order valence-electron chi connectivity index (χ1n) is 9.89. The van der Waals surface area contributed by atoms with Crippen LogP contribution < -0.4 is 0 Å². The van der Waals surface area contributed by atoms with E-state index >= 15 is 0 Å². The average Bonchev–Trinajstić information content (AvgIpc) is 2.66. The summed E-state index contributed by atoms with van der Waals surface area (Å²) in [6, 6.07) is 16.9. The Hall–Kier alpha value is -2.55. The van der Waals surface area contributed by atoms with Crippen molar-refractivity contribution in [2.24, 2.45) is 0 Å². The number of amides is 1. The van der Waals surface area contributed by atoms with Crippen molar-refractivity contribution in [3.8, 4) is 0 Å². The maximum Gasteiger partial charge on any atom is 0.410 e. The number of hydrogen-bond donors (Lipinski definition) is 0. The standard InChI is InChI=1S/C24H27NO2/c1-17-11-12-23(18(2)13-17)20-14-21-9-6-10-22(15-20)25(21)24(26)27-16-19-7-4-3-5-8-19/h3-5,7-8,11-14,21-22H,6,9-10,15-16H2,1-2H3. The van der Waals surface area contributed by atoms with Crippen molar-refractivity contribution in [2.45, 2.75) is 58.2 Å². The molecule has 0 radical (unpaired) electrons. The lowest BCUT2D eigenvalue weighted by Gasteiger charge is -2.44. The van der Waals surface area contributed by atoms with Crippen molar-refractivity contribution < 1.29 is 9.53 Å². The van der Waals surface area contributed by atoms with Gasteiger partial charge in [0, 0.05) is 6.04 Å². The third kappa shape index (κ3) is 3.78. The van der Waals surface area contributed by atoms with E-state index in [2.05, 4.69) is 38.1 Å². The van der Waals surface area contributed by atoms with Gasteiger partial charge in [-0.1, -0.05) is 60.2 Å². The second-order valence-corrected chi connectivity index (χ2v) is 7.81. The predicted octanol–water partition coefficient (Wildman–Crippen LogP) is 5.65. The Morgan fingerprint density at radius 2 is 1.93 bits per heavy atom. The number of hydrogen-bond acceptors (Lipinski definition) is 2. The Morgan fingerprint density at radius 1 is 1.11 bits per heavy atom. The van der Waals surface area contributed by atoms with Gasteiger partial charge in [0.05, 0.1) is 6.04 Å². The molecule has 2 unspecified atom stereocenters. The summed E-state index contributed by atoms with van der Waals surface area (Å²) in [5, 5.41) is 0. The number of ether oxygens (including phenoxy) is 1. The Morgan fingerprint density at radius 3 is 2.67 bits per heavy atom. The highest BCUT2D eigenvalue weighted by molar-refractivity contribution is 5.75.